The van der Waals surface area contributed by atoms with Crippen molar-refractivity contribution in [3.8, 4) is 11.3 Å². The van der Waals surface area contributed by atoms with Gasteiger partial charge in [0.15, 0.2) is 0 Å². The van der Waals surface area contributed by atoms with Crippen LogP contribution in [0.5, 0.6) is 0 Å². The van der Waals surface area contributed by atoms with Crippen molar-refractivity contribution >= 4 is 29.5 Å². The molecule has 0 aliphatic carbocycles. The summed E-state index contributed by atoms with van der Waals surface area (Å²) in [7, 11) is 0. The number of hydrogen-bond donors (Lipinski definition) is 0. The number of carbonyl (C=O) groups is 2. The molecular formula is C40H33ClF3N3O2. The van der Waals surface area contributed by atoms with E-state index < -0.39 is 23.7 Å². The Morgan fingerprint density at radius 3 is 2.29 bits per heavy atom. The predicted octanol–water partition coefficient (Wildman–Crippen LogP) is 8.66. The molecule has 0 N–H and O–H groups in total. The van der Waals surface area contributed by atoms with E-state index in [4.69, 9.17) is 11.6 Å². The lowest BCUT2D eigenvalue weighted by molar-refractivity contribution is -0.144. The number of nitrogens with zero attached hydrogens (tertiary/aromatic N) is 3. The van der Waals surface area contributed by atoms with Gasteiger partial charge in [0.25, 0.3) is 0 Å². The van der Waals surface area contributed by atoms with Crippen LogP contribution in [0.3, 0.4) is 0 Å². The number of pyridine rings is 1. The van der Waals surface area contributed by atoms with E-state index in [1.165, 1.54) is 24.3 Å². The summed E-state index contributed by atoms with van der Waals surface area (Å²) in [5.74, 6) is -0.640. The van der Waals surface area contributed by atoms with Crippen molar-refractivity contribution in [3.05, 3.63) is 166 Å². The van der Waals surface area contributed by atoms with Crippen molar-refractivity contribution in [1.82, 2.24) is 14.8 Å². The van der Waals surface area contributed by atoms with Crippen molar-refractivity contribution in [1.29, 1.82) is 0 Å². The molecule has 5 aromatic rings. The first-order valence-electron chi connectivity index (χ1n) is 15.9. The van der Waals surface area contributed by atoms with Gasteiger partial charge in [0.2, 0.25) is 11.8 Å². The van der Waals surface area contributed by atoms with Crippen molar-refractivity contribution < 1.29 is 22.8 Å². The summed E-state index contributed by atoms with van der Waals surface area (Å²) < 4.78 is 39.4. The zero-order valence-electron chi connectivity index (χ0n) is 26.5. The molecule has 2 amide bonds. The van der Waals surface area contributed by atoms with Gasteiger partial charge in [0.05, 0.1) is 11.3 Å². The van der Waals surface area contributed by atoms with E-state index in [-0.39, 0.29) is 18.9 Å². The summed E-state index contributed by atoms with van der Waals surface area (Å²) in [5.41, 5.74) is 5.05. The zero-order valence-corrected chi connectivity index (χ0v) is 27.2. The maximum absolute atomic E-state index is 14.5. The summed E-state index contributed by atoms with van der Waals surface area (Å²) in [6, 6.07) is 32.3. The van der Waals surface area contributed by atoms with Gasteiger partial charge in [-0.05, 0) is 70.6 Å². The molecular weight excluding hydrogens is 647 g/mol. The first-order valence-corrected chi connectivity index (χ1v) is 16.3. The van der Waals surface area contributed by atoms with Crippen LogP contribution in [0.15, 0.2) is 128 Å². The standard InChI is InChI=1S/C40H33ClF3N3O2/c41-35-10-6-9-32-27-46(24-22-34(32)35)39(49)37(25-29-7-2-1-3-8-29)47(26-30-12-17-31(18-13-30)36-11-4-5-23-45-36)38(48)21-16-28-14-19-33(20-15-28)40(42,43)44/h1-21,23,37H,22,24-27H2/b21-16+/t37-/m0/s1. The lowest BCUT2D eigenvalue weighted by Gasteiger charge is -2.37. The molecule has 0 fully saturated rings. The number of carbonyl (C=O) groups excluding carboxylic acids is 2. The van der Waals surface area contributed by atoms with Crippen molar-refractivity contribution in [2.75, 3.05) is 6.54 Å². The molecule has 1 aromatic heterocycles. The predicted molar refractivity (Wildman–Crippen MR) is 185 cm³/mol. The van der Waals surface area contributed by atoms with E-state index in [9.17, 15) is 22.8 Å². The Kier molecular flexibility index (Phi) is 10.3. The Morgan fingerprint density at radius 2 is 1.59 bits per heavy atom. The fourth-order valence-corrected chi connectivity index (χ4v) is 6.32. The van der Waals surface area contributed by atoms with E-state index in [1.54, 1.807) is 16.0 Å². The smallest absolute Gasteiger partial charge is 0.336 e. The SMILES string of the molecule is O=C([C@H](Cc1ccccc1)N(Cc1ccc(-c2ccccn2)cc1)C(=O)/C=C/c1ccc(C(F)(F)F)cc1)N1CCc2c(Cl)cccc2C1. The normalized spacial score (nSPS) is 13.6. The maximum atomic E-state index is 14.5. The second-order valence-corrected chi connectivity index (χ2v) is 12.3. The number of alkyl halides is 3. The van der Waals surface area contributed by atoms with Crippen molar-refractivity contribution in [3.63, 3.8) is 0 Å². The molecule has 0 saturated heterocycles. The number of amides is 2. The van der Waals surface area contributed by atoms with Crippen LogP contribution >= 0.6 is 11.6 Å². The molecule has 0 unspecified atom stereocenters. The lowest BCUT2D eigenvalue weighted by Crippen LogP contribution is -2.52. The number of halogens is 4. The van der Waals surface area contributed by atoms with Gasteiger partial charge < -0.3 is 9.80 Å². The molecule has 9 heteroatoms. The van der Waals surface area contributed by atoms with Gasteiger partial charge in [-0.25, -0.2) is 0 Å². The average molecular weight is 680 g/mol. The van der Waals surface area contributed by atoms with E-state index in [0.29, 0.717) is 30.1 Å². The monoisotopic (exact) mass is 679 g/mol. The Labute approximate surface area is 288 Å². The first-order chi connectivity index (χ1) is 23.7. The highest BCUT2D eigenvalue weighted by molar-refractivity contribution is 6.31. The van der Waals surface area contributed by atoms with Gasteiger partial charge in [-0.2, -0.15) is 13.2 Å². The fourth-order valence-electron chi connectivity index (χ4n) is 6.03. The van der Waals surface area contributed by atoms with Gasteiger partial charge in [-0.1, -0.05) is 96.5 Å². The van der Waals surface area contributed by atoms with Crippen LogP contribution in [0.4, 0.5) is 13.2 Å². The summed E-state index contributed by atoms with van der Waals surface area (Å²) in [5, 5.41) is 0.671. The average Bonchev–Trinajstić information content (AvgIpc) is 3.12. The van der Waals surface area contributed by atoms with Crippen molar-refractivity contribution in [2.24, 2.45) is 0 Å². The molecule has 2 heterocycles. The third-order valence-electron chi connectivity index (χ3n) is 8.66. The van der Waals surface area contributed by atoms with Crippen LogP contribution in [-0.2, 0) is 41.7 Å². The molecule has 5 nitrogen and oxygen atoms in total. The fraction of sp³-hybridized carbons (Fsp3) is 0.175. The zero-order chi connectivity index (χ0) is 34.4. The molecule has 4 aromatic carbocycles. The Hall–Kier alpha value is -5.21. The second-order valence-electron chi connectivity index (χ2n) is 11.9. The maximum Gasteiger partial charge on any atom is 0.416 e. The minimum Gasteiger partial charge on any atom is -0.336 e. The van der Waals surface area contributed by atoms with Crippen LogP contribution < -0.4 is 0 Å². The van der Waals surface area contributed by atoms with E-state index in [1.807, 2.05) is 91.0 Å². The van der Waals surface area contributed by atoms with Gasteiger partial charge >= 0.3 is 6.18 Å². The minimum absolute atomic E-state index is 0.123. The number of fused-ring (bicyclic) bond motifs is 1. The molecule has 1 aliphatic heterocycles. The molecule has 0 spiro atoms. The topological polar surface area (TPSA) is 53.5 Å². The summed E-state index contributed by atoms with van der Waals surface area (Å²) in [4.78, 5) is 36.4. The van der Waals surface area contributed by atoms with E-state index >= 15 is 0 Å². The van der Waals surface area contributed by atoms with Crippen LogP contribution in [0.25, 0.3) is 17.3 Å². The third-order valence-corrected chi connectivity index (χ3v) is 9.01. The van der Waals surface area contributed by atoms with Gasteiger partial charge in [-0.3, -0.25) is 14.6 Å². The molecule has 49 heavy (non-hydrogen) atoms. The highest BCUT2D eigenvalue weighted by Crippen LogP contribution is 2.30. The third kappa shape index (κ3) is 8.27. The number of benzene rings is 4. The van der Waals surface area contributed by atoms with Crippen LogP contribution in [0, 0.1) is 0 Å². The quantitative estimate of drug-likeness (QED) is 0.147. The molecule has 0 bridgehead atoms. The molecule has 0 saturated carbocycles. The van der Waals surface area contributed by atoms with Crippen LogP contribution in [0.2, 0.25) is 5.02 Å². The van der Waals surface area contributed by atoms with Crippen LogP contribution in [0.1, 0.15) is 33.4 Å². The summed E-state index contributed by atoms with van der Waals surface area (Å²) >= 11 is 6.46. The van der Waals surface area contributed by atoms with Crippen LogP contribution in [-0.4, -0.2) is 39.2 Å². The molecule has 1 aliphatic rings. The minimum atomic E-state index is -4.47. The van der Waals surface area contributed by atoms with Gasteiger partial charge in [0.1, 0.15) is 6.04 Å². The van der Waals surface area contributed by atoms with Gasteiger partial charge in [0, 0.05) is 48.9 Å². The first kappa shape index (κ1) is 33.7. The highest BCUT2D eigenvalue weighted by atomic mass is 35.5. The summed E-state index contributed by atoms with van der Waals surface area (Å²) in [6.45, 7) is 0.934. The number of hydrogen-bond acceptors (Lipinski definition) is 3. The largest absolute Gasteiger partial charge is 0.416 e. The number of rotatable bonds is 9. The molecule has 248 valence electrons. The van der Waals surface area contributed by atoms with Crippen molar-refractivity contribution in [2.45, 2.75) is 38.1 Å². The Morgan fingerprint density at radius 1 is 0.857 bits per heavy atom. The van der Waals surface area contributed by atoms with Gasteiger partial charge in [-0.15, -0.1) is 0 Å². The lowest BCUT2D eigenvalue weighted by atomic mass is 9.97. The van der Waals surface area contributed by atoms with E-state index in [2.05, 4.69) is 4.98 Å². The Balaban J connectivity index is 1.34. The molecule has 0 radical (unpaired) electrons. The summed E-state index contributed by atoms with van der Waals surface area (Å²) in [6.07, 6.45) is 0.913. The second kappa shape index (κ2) is 14.9. The molecule has 1 atom stereocenters. The number of aromatic nitrogens is 1. The Bertz CT molecular complexity index is 1930. The van der Waals surface area contributed by atoms with E-state index in [0.717, 1.165) is 45.6 Å². The molecule has 6 rings (SSSR count). The highest BCUT2D eigenvalue weighted by Gasteiger charge is 2.34.